The lowest BCUT2D eigenvalue weighted by Gasteiger charge is -2.02. The summed E-state index contributed by atoms with van der Waals surface area (Å²) >= 11 is 1.86. The first-order valence-electron chi connectivity index (χ1n) is 6.31. The lowest BCUT2D eigenvalue weighted by Crippen LogP contribution is -2.22. The highest BCUT2D eigenvalue weighted by Gasteiger charge is 1.95. The number of nitrogens with one attached hydrogen (secondary N) is 1. The number of unbranched alkanes of at least 4 members (excludes halogenated alkanes) is 7. The van der Waals surface area contributed by atoms with Crippen molar-refractivity contribution in [3.05, 3.63) is 0 Å². The molecule has 1 amide bonds. The Morgan fingerprint density at radius 2 is 1.53 bits per heavy atom. The second-order valence-electron chi connectivity index (χ2n) is 4.03. The molecule has 0 saturated carbocycles. The summed E-state index contributed by atoms with van der Waals surface area (Å²) in [5.74, 6) is 2.27. The van der Waals surface area contributed by atoms with Gasteiger partial charge in [0.25, 0.3) is 5.91 Å². The Hall–Kier alpha value is -0.280. The monoisotopic (exact) mass is 351 g/mol. The van der Waals surface area contributed by atoms with Crippen LogP contribution in [0.4, 0.5) is 0 Å². The van der Waals surface area contributed by atoms with Crippen LogP contribution in [-0.4, -0.2) is 24.2 Å². The van der Waals surface area contributed by atoms with Crippen LogP contribution in [0.3, 0.4) is 0 Å². The van der Waals surface area contributed by atoms with E-state index in [0.29, 0.717) is 6.61 Å². The predicted molar refractivity (Wildman–Crippen MR) is 78.8 cm³/mol. The molecule has 0 aliphatic heterocycles. The standard InChI is InChI=1S/C13H22INO2/c14-10-9-13(17)15-11-7-5-3-1-2-4-6-8-12-16/h16H,1-8,11-12H2,(H,15,17). The molecule has 0 fully saturated rings. The van der Waals surface area contributed by atoms with Crippen LogP contribution in [-0.2, 0) is 4.79 Å². The van der Waals surface area contributed by atoms with Crippen molar-refractivity contribution < 1.29 is 9.90 Å². The molecule has 17 heavy (non-hydrogen) atoms. The van der Waals surface area contributed by atoms with Gasteiger partial charge in [-0.05, 0) is 16.8 Å². The van der Waals surface area contributed by atoms with Crippen molar-refractivity contribution in [1.29, 1.82) is 0 Å². The normalized spacial score (nSPS) is 9.53. The van der Waals surface area contributed by atoms with Crippen molar-refractivity contribution in [2.24, 2.45) is 0 Å². The summed E-state index contributed by atoms with van der Waals surface area (Å²) in [5.41, 5.74) is 0. The van der Waals surface area contributed by atoms with Crippen molar-refractivity contribution >= 4 is 28.5 Å². The molecule has 4 heteroatoms. The molecule has 0 unspecified atom stereocenters. The molecular weight excluding hydrogens is 329 g/mol. The molecule has 0 aromatic heterocycles. The third kappa shape index (κ3) is 13.7. The first kappa shape index (κ1) is 16.7. The number of carbonyl (C=O) groups is 1. The SMILES string of the molecule is O=C(C#CI)NCCCCCCCCCCO. The van der Waals surface area contributed by atoms with E-state index in [2.05, 4.69) is 15.2 Å². The van der Waals surface area contributed by atoms with Crippen molar-refractivity contribution in [3.63, 3.8) is 0 Å². The maximum absolute atomic E-state index is 11.0. The highest BCUT2D eigenvalue weighted by Crippen LogP contribution is 2.07. The molecule has 0 aliphatic carbocycles. The molecule has 0 aromatic carbocycles. The van der Waals surface area contributed by atoms with Gasteiger partial charge in [0.05, 0.1) is 0 Å². The molecule has 0 rings (SSSR count). The van der Waals surface area contributed by atoms with Gasteiger partial charge in [0.1, 0.15) is 0 Å². The smallest absolute Gasteiger partial charge is 0.296 e. The van der Waals surface area contributed by atoms with E-state index in [9.17, 15) is 4.79 Å². The van der Waals surface area contributed by atoms with E-state index >= 15 is 0 Å². The van der Waals surface area contributed by atoms with Crippen LogP contribution in [0.1, 0.15) is 51.4 Å². The van der Waals surface area contributed by atoms with E-state index < -0.39 is 0 Å². The molecule has 98 valence electrons. The second kappa shape index (κ2) is 13.8. The number of rotatable bonds is 10. The van der Waals surface area contributed by atoms with E-state index in [0.717, 1.165) is 32.2 Å². The quantitative estimate of drug-likeness (QED) is 0.361. The van der Waals surface area contributed by atoms with Crippen molar-refractivity contribution in [3.8, 4) is 9.85 Å². The Bertz CT molecular complexity index is 246. The van der Waals surface area contributed by atoms with Crippen LogP contribution < -0.4 is 5.32 Å². The molecule has 0 aliphatic rings. The van der Waals surface area contributed by atoms with E-state index in [1.54, 1.807) is 0 Å². The molecule has 0 radical (unpaired) electrons. The van der Waals surface area contributed by atoms with E-state index in [1.807, 2.05) is 22.6 Å². The van der Waals surface area contributed by atoms with Gasteiger partial charge >= 0.3 is 0 Å². The van der Waals surface area contributed by atoms with Crippen LogP contribution in [0.2, 0.25) is 0 Å². The first-order valence-corrected chi connectivity index (χ1v) is 7.39. The molecule has 2 N–H and O–H groups in total. The minimum atomic E-state index is -0.177. The number of aliphatic hydroxyl groups is 1. The summed E-state index contributed by atoms with van der Waals surface area (Å²) in [6, 6.07) is 0. The van der Waals surface area contributed by atoms with Crippen molar-refractivity contribution in [2.45, 2.75) is 51.4 Å². The average molecular weight is 351 g/mol. The van der Waals surface area contributed by atoms with Crippen LogP contribution >= 0.6 is 22.6 Å². The molecule has 0 bridgehead atoms. The zero-order chi connectivity index (χ0) is 12.8. The highest BCUT2D eigenvalue weighted by atomic mass is 127. The number of halogens is 1. The summed E-state index contributed by atoms with van der Waals surface area (Å²) in [4.78, 5) is 11.0. The summed E-state index contributed by atoms with van der Waals surface area (Å²) in [7, 11) is 0. The van der Waals surface area contributed by atoms with Gasteiger partial charge in [0, 0.05) is 41.7 Å². The van der Waals surface area contributed by atoms with Crippen LogP contribution in [0.25, 0.3) is 0 Å². The molecule has 3 nitrogen and oxygen atoms in total. The maximum Gasteiger partial charge on any atom is 0.296 e. The minimum absolute atomic E-state index is 0.177. The predicted octanol–water partition coefficient (Wildman–Crippen LogP) is 2.61. The Balaban J connectivity index is 3.07. The fourth-order valence-electron chi connectivity index (χ4n) is 1.59. The summed E-state index contributed by atoms with van der Waals surface area (Å²) in [5, 5.41) is 11.4. The number of hydrogen-bond donors (Lipinski definition) is 2. The maximum atomic E-state index is 11.0. The van der Waals surface area contributed by atoms with Crippen LogP contribution in [0, 0.1) is 9.85 Å². The number of amides is 1. The van der Waals surface area contributed by atoms with Gasteiger partial charge in [-0.15, -0.1) is 0 Å². The topological polar surface area (TPSA) is 49.3 Å². The summed E-state index contributed by atoms with van der Waals surface area (Å²) < 4.78 is 2.54. The van der Waals surface area contributed by atoms with Gasteiger partial charge in [0.15, 0.2) is 0 Å². The zero-order valence-corrected chi connectivity index (χ0v) is 12.5. The highest BCUT2D eigenvalue weighted by molar-refractivity contribution is 14.1. The van der Waals surface area contributed by atoms with E-state index in [-0.39, 0.29) is 5.91 Å². The van der Waals surface area contributed by atoms with Gasteiger partial charge in [-0.2, -0.15) is 0 Å². The van der Waals surface area contributed by atoms with Gasteiger partial charge < -0.3 is 10.4 Å². The Labute approximate surface area is 118 Å². The molecule has 0 saturated heterocycles. The van der Waals surface area contributed by atoms with E-state index in [4.69, 9.17) is 5.11 Å². The van der Waals surface area contributed by atoms with Crippen LogP contribution in [0.15, 0.2) is 0 Å². The molecule has 0 atom stereocenters. The van der Waals surface area contributed by atoms with Gasteiger partial charge in [-0.3, -0.25) is 4.79 Å². The number of carbonyl (C=O) groups excluding carboxylic acids is 1. The zero-order valence-electron chi connectivity index (χ0n) is 10.3. The molecular formula is C13H22INO2. The summed E-state index contributed by atoms with van der Waals surface area (Å²) in [6.45, 7) is 1.05. The summed E-state index contributed by atoms with van der Waals surface area (Å²) in [6.07, 6.45) is 9.24. The lowest BCUT2D eigenvalue weighted by molar-refractivity contribution is -0.115. The van der Waals surface area contributed by atoms with Crippen LogP contribution in [0.5, 0.6) is 0 Å². The Kier molecular flexibility index (Phi) is 13.6. The number of hydrogen-bond acceptors (Lipinski definition) is 2. The van der Waals surface area contributed by atoms with Gasteiger partial charge in [-0.25, -0.2) is 0 Å². The van der Waals surface area contributed by atoms with Gasteiger partial charge in [0.2, 0.25) is 0 Å². The third-order valence-corrected chi connectivity index (χ3v) is 2.80. The molecule has 0 aromatic rings. The van der Waals surface area contributed by atoms with E-state index in [1.165, 1.54) is 25.7 Å². The molecule has 0 heterocycles. The van der Waals surface area contributed by atoms with Crippen molar-refractivity contribution in [1.82, 2.24) is 5.32 Å². The number of aliphatic hydroxyl groups excluding tert-OH is 1. The third-order valence-electron chi connectivity index (χ3n) is 2.53. The first-order chi connectivity index (χ1) is 8.31. The van der Waals surface area contributed by atoms with Gasteiger partial charge in [-0.1, -0.05) is 38.5 Å². The molecule has 0 spiro atoms. The lowest BCUT2D eigenvalue weighted by atomic mass is 10.1. The van der Waals surface area contributed by atoms with Crippen molar-refractivity contribution in [2.75, 3.05) is 13.2 Å². The fraction of sp³-hybridized carbons (Fsp3) is 0.769. The largest absolute Gasteiger partial charge is 0.396 e. The average Bonchev–Trinajstić information content (AvgIpc) is 2.32. The Morgan fingerprint density at radius 3 is 2.06 bits per heavy atom. The Morgan fingerprint density at radius 1 is 1.00 bits per heavy atom. The second-order valence-corrected chi connectivity index (χ2v) is 4.57. The minimum Gasteiger partial charge on any atom is -0.396 e. The fourth-order valence-corrected chi connectivity index (χ4v) is 1.83.